The molecule has 176 valence electrons. The monoisotopic (exact) mass is 450 g/mol. The maximum atomic E-state index is 12.8. The molecule has 0 atom stereocenters. The first kappa shape index (κ1) is 23.1. The summed E-state index contributed by atoms with van der Waals surface area (Å²) in [5.41, 5.74) is 1.18. The largest absolute Gasteiger partial charge is 0.484 e. The third kappa shape index (κ3) is 6.50. The van der Waals surface area contributed by atoms with Gasteiger partial charge in [-0.05, 0) is 69.0 Å². The molecule has 2 aliphatic rings. The molecule has 6 heteroatoms. The Morgan fingerprint density at radius 1 is 0.758 bits per heavy atom. The lowest BCUT2D eigenvalue weighted by atomic mass is 9.95. The van der Waals surface area contributed by atoms with Crippen LogP contribution >= 0.6 is 0 Å². The molecule has 2 aromatic rings. The zero-order valence-electron chi connectivity index (χ0n) is 19.5. The summed E-state index contributed by atoms with van der Waals surface area (Å²) in [6, 6.07) is 15.2. The van der Waals surface area contributed by atoms with Gasteiger partial charge in [0.05, 0.1) is 0 Å². The van der Waals surface area contributed by atoms with Crippen LogP contribution in [0.1, 0.15) is 44.1 Å². The normalized spacial score (nSPS) is 17.4. The molecule has 2 aromatic carbocycles. The number of likely N-dealkylation sites (tertiary alicyclic amines) is 2. The molecule has 0 N–H and O–H groups in total. The van der Waals surface area contributed by atoms with Gasteiger partial charge in [0.2, 0.25) is 5.91 Å². The number of amides is 2. The predicted molar refractivity (Wildman–Crippen MR) is 128 cm³/mol. The molecule has 2 amide bonds. The average molecular weight is 451 g/mol. The molecule has 0 radical (unpaired) electrons. The molecule has 2 fully saturated rings. The van der Waals surface area contributed by atoms with Crippen molar-refractivity contribution in [3.63, 3.8) is 0 Å². The smallest absolute Gasteiger partial charge is 0.260 e. The van der Waals surface area contributed by atoms with E-state index in [-0.39, 0.29) is 24.3 Å². The van der Waals surface area contributed by atoms with Crippen molar-refractivity contribution in [3.8, 4) is 17.2 Å². The molecule has 2 saturated heterocycles. The predicted octanol–water partition coefficient (Wildman–Crippen LogP) is 4.81. The molecule has 0 spiro atoms. The Balaban J connectivity index is 1.20. The summed E-state index contributed by atoms with van der Waals surface area (Å²) in [4.78, 5) is 29.3. The van der Waals surface area contributed by atoms with Crippen LogP contribution in [0.5, 0.6) is 17.2 Å². The number of ether oxygens (including phenoxy) is 2. The van der Waals surface area contributed by atoms with E-state index in [0.717, 1.165) is 44.5 Å². The van der Waals surface area contributed by atoms with Crippen LogP contribution in [0.15, 0.2) is 48.5 Å². The fourth-order valence-corrected chi connectivity index (χ4v) is 4.51. The van der Waals surface area contributed by atoms with E-state index in [0.29, 0.717) is 24.6 Å². The number of piperidine rings is 1. The molecule has 0 aromatic heterocycles. The van der Waals surface area contributed by atoms with Crippen molar-refractivity contribution >= 4 is 11.8 Å². The van der Waals surface area contributed by atoms with E-state index in [1.807, 2.05) is 65.3 Å². The maximum Gasteiger partial charge on any atom is 0.260 e. The summed E-state index contributed by atoms with van der Waals surface area (Å²) >= 11 is 0. The number of aryl methyl sites for hydroxylation is 1. The van der Waals surface area contributed by atoms with E-state index < -0.39 is 0 Å². The van der Waals surface area contributed by atoms with Gasteiger partial charge in [-0.3, -0.25) is 9.59 Å². The molecule has 4 rings (SSSR count). The summed E-state index contributed by atoms with van der Waals surface area (Å²) in [5, 5.41) is 0. The fourth-order valence-electron chi connectivity index (χ4n) is 4.51. The minimum Gasteiger partial charge on any atom is -0.484 e. The Hall–Kier alpha value is -3.02. The Labute approximate surface area is 196 Å². The Kier molecular flexibility index (Phi) is 7.87. The molecule has 6 nitrogen and oxygen atoms in total. The molecule has 0 unspecified atom stereocenters. The van der Waals surface area contributed by atoms with Crippen molar-refractivity contribution in [1.29, 1.82) is 0 Å². The van der Waals surface area contributed by atoms with Crippen molar-refractivity contribution in [2.45, 2.75) is 45.4 Å². The van der Waals surface area contributed by atoms with Crippen LogP contribution in [-0.4, -0.2) is 54.4 Å². The van der Waals surface area contributed by atoms with Crippen molar-refractivity contribution in [3.05, 3.63) is 54.1 Å². The summed E-state index contributed by atoms with van der Waals surface area (Å²) in [6.45, 7) is 5.06. The summed E-state index contributed by atoms with van der Waals surface area (Å²) in [6.07, 6.45) is 6.15. The van der Waals surface area contributed by atoms with Gasteiger partial charge in [0.15, 0.2) is 6.61 Å². The number of hydrogen-bond acceptors (Lipinski definition) is 4. The first-order chi connectivity index (χ1) is 16.1. The molecule has 0 bridgehead atoms. The summed E-state index contributed by atoms with van der Waals surface area (Å²) < 4.78 is 11.5. The highest BCUT2D eigenvalue weighted by Crippen LogP contribution is 2.25. The lowest BCUT2D eigenvalue weighted by molar-refractivity contribution is -0.141. The van der Waals surface area contributed by atoms with Crippen molar-refractivity contribution in [2.24, 2.45) is 5.92 Å². The zero-order chi connectivity index (χ0) is 23.0. The van der Waals surface area contributed by atoms with E-state index in [4.69, 9.17) is 9.47 Å². The highest BCUT2D eigenvalue weighted by atomic mass is 16.5. The Morgan fingerprint density at radius 3 is 1.91 bits per heavy atom. The third-order valence-corrected chi connectivity index (χ3v) is 6.56. The molecule has 0 saturated carbocycles. The van der Waals surface area contributed by atoms with Gasteiger partial charge in [0.25, 0.3) is 5.91 Å². The third-order valence-electron chi connectivity index (χ3n) is 6.56. The standard InChI is InChI=1S/C27H34N2O4/c1-21-6-8-24(9-7-21)33-25-12-10-23(11-13-25)32-20-26(30)28-18-14-22(15-19-28)27(31)29-16-4-2-3-5-17-29/h6-13,22H,2-5,14-20H2,1H3. The van der Waals surface area contributed by atoms with Crippen molar-refractivity contribution in [1.82, 2.24) is 9.80 Å². The second-order valence-electron chi connectivity index (χ2n) is 9.07. The summed E-state index contributed by atoms with van der Waals surface area (Å²) in [7, 11) is 0. The first-order valence-corrected chi connectivity index (χ1v) is 12.1. The first-order valence-electron chi connectivity index (χ1n) is 12.1. The summed E-state index contributed by atoms with van der Waals surface area (Å²) in [5.74, 6) is 2.43. The number of nitrogens with zero attached hydrogens (tertiary/aromatic N) is 2. The van der Waals surface area contributed by atoms with Gasteiger partial charge in [0, 0.05) is 32.1 Å². The zero-order valence-corrected chi connectivity index (χ0v) is 19.5. The number of carbonyl (C=O) groups is 2. The minimum absolute atomic E-state index is 0.00288. The van der Waals surface area contributed by atoms with Crippen LogP contribution in [-0.2, 0) is 9.59 Å². The number of hydrogen-bond donors (Lipinski definition) is 0. The number of rotatable bonds is 6. The van der Waals surface area contributed by atoms with Gasteiger partial charge >= 0.3 is 0 Å². The topological polar surface area (TPSA) is 59.1 Å². The molecular formula is C27H34N2O4. The lowest BCUT2D eigenvalue weighted by Gasteiger charge is -2.34. The molecule has 33 heavy (non-hydrogen) atoms. The van der Waals surface area contributed by atoms with Gasteiger partial charge in [0.1, 0.15) is 17.2 Å². The van der Waals surface area contributed by atoms with Crippen LogP contribution in [0, 0.1) is 12.8 Å². The van der Waals surface area contributed by atoms with Crippen LogP contribution in [0.4, 0.5) is 0 Å². The van der Waals surface area contributed by atoms with Crippen molar-refractivity contribution in [2.75, 3.05) is 32.8 Å². The minimum atomic E-state index is -0.0318. The SMILES string of the molecule is Cc1ccc(Oc2ccc(OCC(=O)N3CCC(C(=O)N4CCCCCC4)CC3)cc2)cc1. The van der Waals surface area contributed by atoms with Gasteiger partial charge < -0.3 is 19.3 Å². The fraction of sp³-hybridized carbons (Fsp3) is 0.481. The second kappa shape index (κ2) is 11.2. The Bertz CT molecular complexity index is 910. The highest BCUT2D eigenvalue weighted by Gasteiger charge is 2.30. The van der Waals surface area contributed by atoms with Crippen LogP contribution < -0.4 is 9.47 Å². The van der Waals surface area contributed by atoms with E-state index in [9.17, 15) is 9.59 Å². The highest BCUT2D eigenvalue weighted by molar-refractivity contribution is 5.80. The van der Waals surface area contributed by atoms with E-state index in [1.54, 1.807) is 0 Å². The van der Waals surface area contributed by atoms with E-state index in [2.05, 4.69) is 0 Å². The van der Waals surface area contributed by atoms with E-state index >= 15 is 0 Å². The number of carbonyl (C=O) groups excluding carboxylic acids is 2. The van der Waals surface area contributed by atoms with E-state index in [1.165, 1.54) is 18.4 Å². The average Bonchev–Trinajstić information content (AvgIpc) is 3.14. The van der Waals surface area contributed by atoms with Gasteiger partial charge in [-0.15, -0.1) is 0 Å². The quantitative estimate of drug-likeness (QED) is 0.634. The van der Waals surface area contributed by atoms with Crippen molar-refractivity contribution < 1.29 is 19.1 Å². The number of benzene rings is 2. The van der Waals surface area contributed by atoms with Crippen LogP contribution in [0.25, 0.3) is 0 Å². The van der Waals surface area contributed by atoms with Gasteiger partial charge in [-0.2, -0.15) is 0 Å². The van der Waals surface area contributed by atoms with Gasteiger partial charge in [-0.25, -0.2) is 0 Å². The van der Waals surface area contributed by atoms with Gasteiger partial charge in [-0.1, -0.05) is 30.5 Å². The Morgan fingerprint density at radius 2 is 1.30 bits per heavy atom. The van der Waals surface area contributed by atoms with Crippen LogP contribution in [0.2, 0.25) is 0 Å². The molecular weight excluding hydrogens is 416 g/mol. The molecule has 2 aliphatic heterocycles. The van der Waals surface area contributed by atoms with Crippen LogP contribution in [0.3, 0.4) is 0 Å². The second-order valence-corrected chi connectivity index (χ2v) is 9.07. The lowest BCUT2D eigenvalue weighted by Crippen LogP contribution is -2.45. The molecule has 0 aliphatic carbocycles. The molecule has 2 heterocycles. The maximum absolute atomic E-state index is 12.8.